The predicted octanol–water partition coefficient (Wildman–Crippen LogP) is 4.72. The minimum absolute atomic E-state index is 0.395. The number of pyridine rings is 1. The molecule has 1 saturated heterocycles. The molecule has 1 aliphatic heterocycles. The van der Waals surface area contributed by atoms with Gasteiger partial charge < -0.3 is 18.8 Å². The van der Waals surface area contributed by atoms with Crippen molar-refractivity contribution in [3.63, 3.8) is 0 Å². The highest BCUT2D eigenvalue weighted by Gasteiger charge is 2.24. The number of carbonyl (C=O) groups excluding carboxylic acids is 1. The van der Waals surface area contributed by atoms with Gasteiger partial charge in [-0.25, -0.2) is 14.8 Å². The third-order valence-corrected chi connectivity index (χ3v) is 7.03. The number of benzene rings is 2. The molecule has 8 heteroatoms. The number of esters is 1. The van der Waals surface area contributed by atoms with Crippen LogP contribution in [0.25, 0.3) is 11.0 Å². The smallest absolute Gasteiger partial charge is 0.338 e. The molecule has 0 radical (unpaired) electrons. The van der Waals surface area contributed by atoms with Crippen LogP contribution in [0.3, 0.4) is 0 Å². The second-order valence-corrected chi connectivity index (χ2v) is 9.35. The SMILES string of the molecule is COC(=O)c1cc(OC)c2nc(CN3CCC(c4cccc(OCc5ccccc5)n4)CC3)n(C)c2c1. The van der Waals surface area contributed by atoms with Gasteiger partial charge in [-0.15, -0.1) is 0 Å². The number of ether oxygens (including phenoxy) is 3. The average Bonchev–Trinajstić information content (AvgIpc) is 3.26. The van der Waals surface area contributed by atoms with Crippen molar-refractivity contribution in [2.45, 2.75) is 31.9 Å². The predicted molar refractivity (Wildman–Crippen MR) is 141 cm³/mol. The number of likely N-dealkylation sites (tertiary alicyclic amines) is 1. The highest BCUT2D eigenvalue weighted by molar-refractivity contribution is 5.96. The highest BCUT2D eigenvalue weighted by Crippen LogP contribution is 2.31. The number of rotatable bonds is 8. The van der Waals surface area contributed by atoms with Gasteiger partial charge in [-0.05, 0) is 49.7 Å². The first-order valence-electron chi connectivity index (χ1n) is 12.5. The fraction of sp³-hybridized carbons (Fsp3) is 0.345. The maximum atomic E-state index is 12.1. The van der Waals surface area contributed by atoms with Gasteiger partial charge in [0, 0.05) is 24.7 Å². The molecule has 0 saturated carbocycles. The van der Waals surface area contributed by atoms with Gasteiger partial charge in [-0.2, -0.15) is 0 Å². The monoisotopic (exact) mass is 500 g/mol. The minimum atomic E-state index is -0.395. The maximum Gasteiger partial charge on any atom is 0.338 e. The number of aromatic nitrogens is 3. The Morgan fingerprint density at radius 1 is 1.00 bits per heavy atom. The second kappa shape index (κ2) is 11.0. The van der Waals surface area contributed by atoms with Crippen molar-refractivity contribution in [3.05, 3.63) is 83.3 Å². The highest BCUT2D eigenvalue weighted by atomic mass is 16.5. The molecule has 0 unspecified atom stereocenters. The summed E-state index contributed by atoms with van der Waals surface area (Å²) in [5, 5.41) is 0. The normalized spacial score (nSPS) is 14.6. The van der Waals surface area contributed by atoms with E-state index in [-0.39, 0.29) is 0 Å². The third kappa shape index (κ3) is 5.44. The first-order valence-corrected chi connectivity index (χ1v) is 12.5. The van der Waals surface area contributed by atoms with Crippen LogP contribution in [0.4, 0.5) is 0 Å². The number of carbonyl (C=O) groups is 1. The molecule has 1 fully saturated rings. The summed E-state index contributed by atoms with van der Waals surface area (Å²) in [5.41, 5.74) is 4.27. The van der Waals surface area contributed by atoms with E-state index in [1.165, 1.54) is 7.11 Å². The summed E-state index contributed by atoms with van der Waals surface area (Å²) in [7, 11) is 4.94. The Morgan fingerprint density at radius 2 is 1.78 bits per heavy atom. The molecule has 1 aliphatic rings. The van der Waals surface area contributed by atoms with Gasteiger partial charge in [0.15, 0.2) is 0 Å². The second-order valence-electron chi connectivity index (χ2n) is 9.35. The van der Waals surface area contributed by atoms with E-state index in [1.807, 2.05) is 48.0 Å². The van der Waals surface area contributed by atoms with Crippen molar-refractivity contribution in [2.75, 3.05) is 27.3 Å². The van der Waals surface area contributed by atoms with Crippen LogP contribution in [0.1, 0.15) is 46.2 Å². The molecule has 8 nitrogen and oxygen atoms in total. The number of hydrogen-bond donors (Lipinski definition) is 0. The summed E-state index contributed by atoms with van der Waals surface area (Å²) in [6.07, 6.45) is 2.05. The van der Waals surface area contributed by atoms with Gasteiger partial charge in [0.2, 0.25) is 5.88 Å². The van der Waals surface area contributed by atoms with Crippen molar-refractivity contribution in [1.29, 1.82) is 0 Å². The first kappa shape index (κ1) is 24.8. The molecule has 2 aromatic carbocycles. The molecule has 0 amide bonds. The van der Waals surface area contributed by atoms with Crippen LogP contribution in [0.2, 0.25) is 0 Å². The Morgan fingerprint density at radius 3 is 2.51 bits per heavy atom. The summed E-state index contributed by atoms with van der Waals surface area (Å²) < 4.78 is 18.4. The van der Waals surface area contributed by atoms with Gasteiger partial charge in [0.1, 0.15) is 23.7 Å². The summed E-state index contributed by atoms with van der Waals surface area (Å²) in [4.78, 5) is 24.2. The van der Waals surface area contributed by atoms with Gasteiger partial charge >= 0.3 is 5.97 Å². The zero-order valence-electron chi connectivity index (χ0n) is 21.5. The van der Waals surface area contributed by atoms with Crippen molar-refractivity contribution < 1.29 is 19.0 Å². The van der Waals surface area contributed by atoms with Crippen LogP contribution in [-0.4, -0.2) is 52.7 Å². The molecular formula is C29H32N4O4. The molecule has 37 heavy (non-hydrogen) atoms. The molecule has 0 N–H and O–H groups in total. The molecule has 2 aromatic heterocycles. The van der Waals surface area contributed by atoms with Gasteiger partial charge in [-0.1, -0.05) is 36.4 Å². The van der Waals surface area contributed by atoms with E-state index in [1.54, 1.807) is 13.2 Å². The Balaban J connectivity index is 1.23. The number of piperidine rings is 1. The summed E-state index contributed by atoms with van der Waals surface area (Å²) in [5.74, 6) is 2.18. The lowest BCUT2D eigenvalue weighted by Crippen LogP contribution is -2.33. The standard InChI is InChI=1S/C29H32N4O4/c1-32-24-16-22(29(34)36-3)17-25(35-2)28(24)31-26(32)18-33-14-12-21(13-15-33)23-10-7-11-27(30-23)37-19-20-8-5-4-6-9-20/h4-11,16-17,21H,12-15,18-19H2,1-3H3. The number of aryl methyl sites for hydroxylation is 1. The van der Waals surface area contributed by atoms with Gasteiger partial charge in [-0.3, -0.25) is 4.90 Å². The first-order chi connectivity index (χ1) is 18.1. The maximum absolute atomic E-state index is 12.1. The average molecular weight is 501 g/mol. The van der Waals surface area contributed by atoms with E-state index in [0.29, 0.717) is 29.7 Å². The quantitative estimate of drug-likeness (QED) is 0.324. The van der Waals surface area contributed by atoms with E-state index in [4.69, 9.17) is 24.2 Å². The molecule has 0 aliphatic carbocycles. The Hall–Kier alpha value is -3.91. The molecule has 0 bridgehead atoms. The van der Waals surface area contributed by atoms with Crippen LogP contribution in [0.5, 0.6) is 11.6 Å². The van der Waals surface area contributed by atoms with E-state index in [2.05, 4.69) is 23.1 Å². The lowest BCUT2D eigenvalue weighted by Gasteiger charge is -2.31. The van der Waals surface area contributed by atoms with Crippen LogP contribution in [0, 0.1) is 0 Å². The minimum Gasteiger partial charge on any atom is -0.494 e. The lowest BCUT2D eigenvalue weighted by atomic mass is 9.93. The number of methoxy groups -OCH3 is 2. The summed E-state index contributed by atoms with van der Waals surface area (Å²) in [6.45, 7) is 3.15. The van der Waals surface area contributed by atoms with Crippen molar-refractivity contribution in [2.24, 2.45) is 7.05 Å². The zero-order chi connectivity index (χ0) is 25.8. The Kier molecular flexibility index (Phi) is 7.37. The Labute approximate surface area is 216 Å². The third-order valence-electron chi connectivity index (χ3n) is 7.03. The topological polar surface area (TPSA) is 78.7 Å². The number of nitrogens with zero attached hydrogens (tertiary/aromatic N) is 4. The van der Waals surface area contributed by atoms with Crippen molar-refractivity contribution in [3.8, 4) is 11.6 Å². The fourth-order valence-corrected chi connectivity index (χ4v) is 4.89. The molecule has 0 spiro atoms. The largest absolute Gasteiger partial charge is 0.494 e. The van der Waals surface area contributed by atoms with E-state index < -0.39 is 5.97 Å². The molecule has 3 heterocycles. The van der Waals surface area contributed by atoms with E-state index in [0.717, 1.165) is 60.6 Å². The molecule has 4 aromatic rings. The number of fused-ring (bicyclic) bond motifs is 1. The molecular weight excluding hydrogens is 468 g/mol. The van der Waals surface area contributed by atoms with Gasteiger partial charge in [0.25, 0.3) is 0 Å². The summed E-state index contributed by atoms with van der Waals surface area (Å²) >= 11 is 0. The number of hydrogen-bond acceptors (Lipinski definition) is 7. The van der Waals surface area contributed by atoms with Crippen molar-refractivity contribution >= 4 is 17.0 Å². The molecule has 0 atom stereocenters. The van der Waals surface area contributed by atoms with E-state index >= 15 is 0 Å². The van der Waals surface area contributed by atoms with Crippen LogP contribution in [0.15, 0.2) is 60.7 Å². The lowest BCUT2D eigenvalue weighted by molar-refractivity contribution is 0.0600. The Bertz CT molecular complexity index is 1380. The zero-order valence-corrected chi connectivity index (χ0v) is 21.5. The molecule has 5 rings (SSSR count). The fourth-order valence-electron chi connectivity index (χ4n) is 4.89. The van der Waals surface area contributed by atoms with Crippen molar-refractivity contribution in [1.82, 2.24) is 19.4 Å². The van der Waals surface area contributed by atoms with Gasteiger partial charge in [0.05, 0.1) is 31.8 Å². The van der Waals surface area contributed by atoms with E-state index in [9.17, 15) is 4.79 Å². The number of imidazole rings is 1. The molecule has 192 valence electrons. The summed E-state index contributed by atoms with van der Waals surface area (Å²) in [6, 6.07) is 19.7. The van der Waals surface area contributed by atoms with Crippen LogP contribution in [-0.2, 0) is 24.9 Å². The van der Waals surface area contributed by atoms with Crippen LogP contribution >= 0.6 is 0 Å². The van der Waals surface area contributed by atoms with Crippen LogP contribution < -0.4 is 9.47 Å².